The molecule has 5 nitrogen and oxygen atoms in total. The number of hydrogen-bond donors (Lipinski definition) is 1. The van der Waals surface area contributed by atoms with E-state index in [2.05, 4.69) is 26.4 Å². The van der Waals surface area contributed by atoms with Gasteiger partial charge >= 0.3 is 0 Å². The van der Waals surface area contributed by atoms with Crippen LogP contribution in [0, 0.1) is 13.8 Å². The van der Waals surface area contributed by atoms with Gasteiger partial charge in [-0.2, -0.15) is 5.10 Å². The molecule has 6 heteroatoms. The average Bonchev–Trinajstić information content (AvgIpc) is 2.73. The van der Waals surface area contributed by atoms with Gasteiger partial charge < -0.3 is 5.32 Å². The lowest BCUT2D eigenvalue weighted by molar-refractivity contribution is 0.773. The van der Waals surface area contributed by atoms with E-state index >= 15 is 0 Å². The second-order valence-electron chi connectivity index (χ2n) is 5.07. The first-order valence-electron chi connectivity index (χ1n) is 6.69. The van der Waals surface area contributed by atoms with Gasteiger partial charge in [-0.15, -0.1) is 0 Å². The highest BCUT2D eigenvalue weighted by Gasteiger charge is 2.08. The van der Waals surface area contributed by atoms with Crippen molar-refractivity contribution in [1.29, 1.82) is 0 Å². The number of nitrogens with one attached hydrogen (secondary N) is 1. The summed E-state index contributed by atoms with van der Waals surface area (Å²) < 4.78 is 1.80. The monoisotopic (exact) mass is 301 g/mol. The lowest BCUT2D eigenvalue weighted by Gasteiger charge is -2.10. The third-order valence-corrected chi connectivity index (χ3v) is 3.79. The Labute approximate surface area is 128 Å². The van der Waals surface area contributed by atoms with E-state index in [1.165, 1.54) is 0 Å². The third-order valence-electron chi connectivity index (χ3n) is 3.50. The third kappa shape index (κ3) is 2.56. The summed E-state index contributed by atoms with van der Waals surface area (Å²) in [6.07, 6.45) is 3.56. The van der Waals surface area contributed by atoms with Gasteiger partial charge in [0.25, 0.3) is 0 Å². The van der Waals surface area contributed by atoms with Crippen LogP contribution in [0.1, 0.15) is 16.8 Å². The Bertz CT molecular complexity index is 789. The Morgan fingerprint density at radius 3 is 2.86 bits per heavy atom. The number of pyridine rings is 2. The summed E-state index contributed by atoms with van der Waals surface area (Å²) in [4.78, 5) is 8.56. The second-order valence-corrected chi connectivity index (χ2v) is 5.43. The molecule has 0 aromatic carbocycles. The molecular formula is C15H16ClN5. The molecule has 0 amide bonds. The van der Waals surface area contributed by atoms with Crippen molar-refractivity contribution in [3.05, 3.63) is 46.5 Å². The lowest BCUT2D eigenvalue weighted by Crippen LogP contribution is -2.03. The van der Waals surface area contributed by atoms with Gasteiger partial charge in [-0.25, -0.2) is 9.97 Å². The van der Waals surface area contributed by atoms with Crippen molar-refractivity contribution in [1.82, 2.24) is 19.7 Å². The van der Waals surface area contributed by atoms with E-state index in [1.54, 1.807) is 10.9 Å². The minimum Gasteiger partial charge on any atom is -0.378 e. The van der Waals surface area contributed by atoms with E-state index < -0.39 is 0 Å². The Morgan fingerprint density at radius 1 is 1.29 bits per heavy atom. The van der Waals surface area contributed by atoms with Crippen LogP contribution in [-0.4, -0.2) is 19.7 Å². The number of hydrogen-bond acceptors (Lipinski definition) is 4. The second kappa shape index (κ2) is 5.33. The van der Waals surface area contributed by atoms with Crippen LogP contribution in [0.4, 0.5) is 5.69 Å². The van der Waals surface area contributed by atoms with Gasteiger partial charge in [0.05, 0.1) is 11.4 Å². The van der Waals surface area contributed by atoms with Crippen LogP contribution in [0.15, 0.2) is 24.5 Å². The first-order valence-corrected chi connectivity index (χ1v) is 7.07. The highest BCUT2D eigenvalue weighted by atomic mass is 35.5. The Morgan fingerprint density at radius 2 is 2.10 bits per heavy atom. The van der Waals surface area contributed by atoms with Crippen LogP contribution in [0.5, 0.6) is 0 Å². The van der Waals surface area contributed by atoms with Gasteiger partial charge in [0.2, 0.25) is 0 Å². The largest absolute Gasteiger partial charge is 0.378 e. The van der Waals surface area contributed by atoms with Crippen molar-refractivity contribution in [2.24, 2.45) is 7.05 Å². The van der Waals surface area contributed by atoms with Crippen LogP contribution >= 0.6 is 11.6 Å². The van der Waals surface area contributed by atoms with Crippen molar-refractivity contribution in [2.75, 3.05) is 5.32 Å². The maximum absolute atomic E-state index is 6.12. The first kappa shape index (κ1) is 13.8. The van der Waals surface area contributed by atoms with Crippen LogP contribution in [-0.2, 0) is 13.6 Å². The number of nitrogens with zero attached hydrogens (tertiary/aromatic N) is 4. The van der Waals surface area contributed by atoms with Crippen molar-refractivity contribution >= 4 is 28.3 Å². The first-order chi connectivity index (χ1) is 10.1. The van der Waals surface area contributed by atoms with Crippen LogP contribution in [0.2, 0.25) is 5.15 Å². The van der Waals surface area contributed by atoms with Gasteiger partial charge in [0.15, 0.2) is 10.8 Å². The number of rotatable bonds is 3. The molecule has 0 fully saturated rings. The van der Waals surface area contributed by atoms with Gasteiger partial charge in [-0.05, 0) is 37.1 Å². The molecule has 0 unspecified atom stereocenters. The van der Waals surface area contributed by atoms with E-state index in [1.807, 2.05) is 33.2 Å². The lowest BCUT2D eigenvalue weighted by atomic mass is 10.2. The number of aromatic nitrogens is 4. The summed E-state index contributed by atoms with van der Waals surface area (Å²) >= 11 is 6.12. The molecule has 0 aliphatic rings. The fourth-order valence-corrected chi connectivity index (χ4v) is 2.65. The molecule has 1 N–H and O–H groups in total. The fourth-order valence-electron chi connectivity index (χ4n) is 2.38. The molecule has 3 heterocycles. The topological polar surface area (TPSA) is 55.6 Å². The summed E-state index contributed by atoms with van der Waals surface area (Å²) in [5.41, 5.74) is 4.89. The molecule has 0 saturated carbocycles. The van der Waals surface area contributed by atoms with E-state index in [9.17, 15) is 0 Å². The molecule has 3 aromatic heterocycles. The highest BCUT2D eigenvalue weighted by Crippen LogP contribution is 2.24. The number of anilines is 1. The molecule has 0 radical (unpaired) electrons. The molecule has 3 aromatic rings. The SMILES string of the molecule is Cc1ccnc(Cl)c1NCc1cnc2c(c1)c(C)nn2C. The average molecular weight is 302 g/mol. The summed E-state index contributed by atoms with van der Waals surface area (Å²) in [7, 11) is 1.90. The van der Waals surface area contributed by atoms with Crippen molar-refractivity contribution in [3.8, 4) is 0 Å². The molecule has 0 saturated heterocycles. The molecule has 0 spiro atoms. The molecule has 21 heavy (non-hydrogen) atoms. The Kier molecular flexibility index (Phi) is 3.51. The number of fused-ring (bicyclic) bond motifs is 1. The van der Waals surface area contributed by atoms with Gasteiger partial charge in [-0.1, -0.05) is 11.6 Å². The Hall–Kier alpha value is -2.14. The number of aryl methyl sites for hydroxylation is 3. The predicted octanol–water partition coefficient (Wildman–Crippen LogP) is 3.25. The van der Waals surface area contributed by atoms with E-state index in [0.29, 0.717) is 11.7 Å². The molecule has 0 aliphatic carbocycles. The summed E-state index contributed by atoms with van der Waals surface area (Å²) in [6, 6.07) is 4.04. The zero-order valence-electron chi connectivity index (χ0n) is 12.2. The quantitative estimate of drug-likeness (QED) is 0.755. The van der Waals surface area contributed by atoms with E-state index in [4.69, 9.17) is 11.6 Å². The molecule has 108 valence electrons. The molecule has 0 aliphatic heterocycles. The molecule has 0 atom stereocenters. The normalized spacial score (nSPS) is 11.0. The van der Waals surface area contributed by atoms with Gasteiger partial charge in [0.1, 0.15) is 0 Å². The summed E-state index contributed by atoms with van der Waals surface area (Å²) in [6.45, 7) is 4.63. The van der Waals surface area contributed by atoms with E-state index in [0.717, 1.165) is 33.5 Å². The smallest absolute Gasteiger partial charge is 0.157 e. The van der Waals surface area contributed by atoms with Crippen molar-refractivity contribution < 1.29 is 0 Å². The molecule has 0 bridgehead atoms. The predicted molar refractivity (Wildman–Crippen MR) is 84.6 cm³/mol. The maximum atomic E-state index is 6.12. The molecular weight excluding hydrogens is 286 g/mol. The minimum atomic E-state index is 0.488. The minimum absolute atomic E-state index is 0.488. The van der Waals surface area contributed by atoms with E-state index in [-0.39, 0.29) is 0 Å². The Balaban J connectivity index is 1.87. The van der Waals surface area contributed by atoms with Crippen LogP contribution in [0.25, 0.3) is 11.0 Å². The van der Waals surface area contributed by atoms with Gasteiger partial charge in [0, 0.05) is 31.4 Å². The fraction of sp³-hybridized carbons (Fsp3) is 0.267. The molecule has 3 rings (SSSR count). The van der Waals surface area contributed by atoms with Crippen molar-refractivity contribution in [2.45, 2.75) is 20.4 Å². The maximum Gasteiger partial charge on any atom is 0.157 e. The zero-order valence-corrected chi connectivity index (χ0v) is 12.9. The number of halogens is 1. The van der Waals surface area contributed by atoms with Gasteiger partial charge in [-0.3, -0.25) is 4.68 Å². The zero-order chi connectivity index (χ0) is 15.0. The van der Waals surface area contributed by atoms with Crippen LogP contribution < -0.4 is 5.32 Å². The standard InChI is InChI=1S/C15H16ClN5/c1-9-4-5-17-14(16)13(9)18-7-11-6-12-10(2)20-21(3)15(12)19-8-11/h4-6,8,18H,7H2,1-3H3. The van der Waals surface area contributed by atoms with Crippen LogP contribution in [0.3, 0.4) is 0 Å². The summed E-state index contributed by atoms with van der Waals surface area (Å²) in [5, 5.41) is 9.27. The summed E-state index contributed by atoms with van der Waals surface area (Å²) in [5.74, 6) is 0. The van der Waals surface area contributed by atoms with Crippen molar-refractivity contribution in [3.63, 3.8) is 0 Å². The highest BCUT2D eigenvalue weighted by molar-refractivity contribution is 6.32.